The Morgan fingerprint density at radius 3 is 2.89 bits per heavy atom. The van der Waals surface area contributed by atoms with Crippen molar-refractivity contribution in [2.24, 2.45) is 11.8 Å². The number of pyridine rings is 1. The molecule has 1 fully saturated rings. The van der Waals surface area contributed by atoms with Gasteiger partial charge in [0.15, 0.2) is 0 Å². The van der Waals surface area contributed by atoms with Crippen molar-refractivity contribution in [1.29, 1.82) is 0 Å². The van der Waals surface area contributed by atoms with Crippen LogP contribution in [0.5, 0.6) is 5.75 Å². The van der Waals surface area contributed by atoms with Crippen LogP contribution in [0.4, 0.5) is 0 Å². The molecule has 0 amide bonds. The molecule has 1 aliphatic heterocycles. The molecule has 6 nitrogen and oxygen atoms in total. The number of aliphatic hydroxyl groups is 1. The van der Waals surface area contributed by atoms with Gasteiger partial charge in [0.2, 0.25) is 0 Å². The Bertz CT molecular complexity index is 1150. The van der Waals surface area contributed by atoms with E-state index < -0.39 is 12.1 Å². The molecule has 2 N–H and O–H groups in total. The second kappa shape index (κ2) is 12.9. The Labute approximate surface area is 221 Å². The molecule has 3 heterocycles. The summed E-state index contributed by atoms with van der Waals surface area (Å²) in [5.41, 5.74) is 3.07. The number of thiophene rings is 1. The van der Waals surface area contributed by atoms with E-state index in [1.165, 1.54) is 9.77 Å². The van der Waals surface area contributed by atoms with E-state index >= 15 is 0 Å². The number of hydrogen-bond donors (Lipinski definition) is 2. The molecule has 0 radical (unpaired) electrons. The number of fused-ring (bicyclic) bond motifs is 1. The number of carbonyl (C=O) groups is 1. The lowest BCUT2D eigenvalue weighted by Crippen LogP contribution is -2.41. The molecular weight excluding hydrogens is 492 g/mol. The molecule has 36 heavy (non-hydrogen) atoms. The molecule has 2 aromatic heterocycles. The van der Waals surface area contributed by atoms with Crippen LogP contribution in [0.15, 0.2) is 46.1 Å². The van der Waals surface area contributed by atoms with Crippen LogP contribution >= 0.6 is 23.1 Å². The summed E-state index contributed by atoms with van der Waals surface area (Å²) in [5, 5.41) is 23.5. The van der Waals surface area contributed by atoms with Gasteiger partial charge in [0.25, 0.3) is 0 Å². The Hall–Kier alpha value is -2.13. The van der Waals surface area contributed by atoms with E-state index in [0.717, 1.165) is 60.4 Å². The number of carboxylic acids is 1. The van der Waals surface area contributed by atoms with Gasteiger partial charge in [-0.05, 0) is 97.8 Å². The van der Waals surface area contributed by atoms with E-state index in [1.54, 1.807) is 24.6 Å². The number of benzene rings is 1. The summed E-state index contributed by atoms with van der Waals surface area (Å²) in [6.07, 6.45) is 4.64. The number of aryl methyl sites for hydroxylation is 1. The molecule has 8 heteroatoms. The molecule has 1 saturated heterocycles. The zero-order chi connectivity index (χ0) is 25.5. The summed E-state index contributed by atoms with van der Waals surface area (Å²) >= 11 is 3.72. The van der Waals surface area contributed by atoms with Crippen LogP contribution < -0.4 is 4.74 Å². The predicted octanol–water partition coefficient (Wildman–Crippen LogP) is 6.02. The largest absolute Gasteiger partial charge is 0.497 e. The van der Waals surface area contributed by atoms with Crippen molar-refractivity contribution in [3.63, 3.8) is 0 Å². The molecule has 0 aliphatic carbocycles. The second-order valence-corrected chi connectivity index (χ2v) is 11.9. The van der Waals surface area contributed by atoms with Crippen LogP contribution in [0.25, 0.3) is 10.9 Å². The number of piperidine rings is 1. The number of aliphatic carboxylic acids is 1. The quantitative estimate of drug-likeness (QED) is 0.278. The van der Waals surface area contributed by atoms with Crippen molar-refractivity contribution in [3.8, 4) is 5.75 Å². The summed E-state index contributed by atoms with van der Waals surface area (Å²) in [5.74, 6) is 1.83. The zero-order valence-corrected chi connectivity index (χ0v) is 22.7. The van der Waals surface area contributed by atoms with Crippen molar-refractivity contribution in [2.45, 2.75) is 49.3 Å². The molecule has 4 rings (SSSR count). The Morgan fingerprint density at radius 2 is 2.14 bits per heavy atom. The first kappa shape index (κ1) is 26.9. The molecular formula is C28H36N2O4S2. The number of ether oxygens (including phenoxy) is 1. The van der Waals surface area contributed by atoms with Gasteiger partial charge in [0.05, 0.1) is 22.9 Å². The van der Waals surface area contributed by atoms with E-state index in [4.69, 9.17) is 4.74 Å². The maximum atomic E-state index is 11.3. The fourth-order valence-electron chi connectivity index (χ4n) is 5.24. The van der Waals surface area contributed by atoms with Crippen LogP contribution in [0.3, 0.4) is 0 Å². The number of nitrogens with zero attached hydrogens (tertiary/aromatic N) is 2. The minimum absolute atomic E-state index is 0.204. The van der Waals surface area contributed by atoms with Gasteiger partial charge < -0.3 is 19.8 Å². The van der Waals surface area contributed by atoms with E-state index in [0.29, 0.717) is 24.7 Å². The first-order chi connectivity index (χ1) is 17.4. The summed E-state index contributed by atoms with van der Waals surface area (Å²) < 4.78 is 6.77. The monoisotopic (exact) mass is 528 g/mol. The third kappa shape index (κ3) is 7.00. The van der Waals surface area contributed by atoms with Crippen molar-refractivity contribution >= 4 is 40.0 Å². The highest BCUT2D eigenvalue weighted by atomic mass is 32.2. The third-order valence-corrected chi connectivity index (χ3v) is 9.73. The number of carboxylic acid groups (broad SMARTS) is 1. The third-order valence-electron chi connectivity index (χ3n) is 7.31. The molecule has 194 valence electrons. The number of thioether (sulfide) groups is 1. The van der Waals surface area contributed by atoms with Crippen molar-refractivity contribution in [2.75, 3.05) is 32.5 Å². The first-order valence-electron chi connectivity index (χ1n) is 12.7. The molecule has 0 saturated carbocycles. The maximum Gasteiger partial charge on any atom is 0.303 e. The van der Waals surface area contributed by atoms with Crippen LogP contribution in [0, 0.1) is 18.8 Å². The summed E-state index contributed by atoms with van der Waals surface area (Å²) in [4.78, 5) is 18.2. The Kier molecular flexibility index (Phi) is 9.65. The van der Waals surface area contributed by atoms with Crippen LogP contribution in [0.1, 0.15) is 49.3 Å². The fourth-order valence-corrected chi connectivity index (χ4v) is 7.41. The van der Waals surface area contributed by atoms with E-state index in [1.807, 2.05) is 36.0 Å². The first-order valence-corrected chi connectivity index (χ1v) is 14.5. The normalized spacial score (nSPS) is 19.4. The topological polar surface area (TPSA) is 82.9 Å². The molecule has 1 aromatic carbocycles. The number of aromatic nitrogens is 1. The summed E-state index contributed by atoms with van der Waals surface area (Å²) in [6, 6.07) is 9.79. The van der Waals surface area contributed by atoms with Crippen molar-refractivity contribution in [3.05, 3.63) is 53.0 Å². The minimum Gasteiger partial charge on any atom is -0.497 e. The van der Waals surface area contributed by atoms with Crippen LogP contribution in [0.2, 0.25) is 0 Å². The van der Waals surface area contributed by atoms with Crippen molar-refractivity contribution < 1.29 is 19.7 Å². The van der Waals surface area contributed by atoms with Crippen LogP contribution in [-0.2, 0) is 4.79 Å². The van der Waals surface area contributed by atoms with Gasteiger partial charge in [-0.2, -0.15) is 0 Å². The van der Waals surface area contributed by atoms with Gasteiger partial charge in [-0.25, -0.2) is 0 Å². The maximum absolute atomic E-state index is 11.3. The molecule has 0 spiro atoms. The lowest BCUT2D eigenvalue weighted by molar-refractivity contribution is -0.137. The highest BCUT2D eigenvalue weighted by Gasteiger charge is 2.30. The average molecular weight is 529 g/mol. The van der Waals surface area contributed by atoms with Gasteiger partial charge in [-0.15, -0.1) is 23.1 Å². The molecule has 2 unspecified atom stereocenters. The zero-order valence-electron chi connectivity index (χ0n) is 21.1. The smallest absolute Gasteiger partial charge is 0.303 e. The number of hydrogen-bond acceptors (Lipinski definition) is 7. The van der Waals surface area contributed by atoms with E-state index in [9.17, 15) is 15.0 Å². The lowest BCUT2D eigenvalue weighted by atomic mass is 9.79. The Balaban J connectivity index is 1.36. The SMILES string of the molecule is COc1ccc2nccc([C@@H](O)CCC3CCN(CCSc4sccc4C)CC3CCC(=O)O)c2c1. The van der Waals surface area contributed by atoms with E-state index in [-0.39, 0.29) is 6.42 Å². The lowest BCUT2D eigenvalue weighted by Gasteiger charge is -2.39. The number of rotatable bonds is 12. The molecule has 3 atom stereocenters. The highest BCUT2D eigenvalue weighted by molar-refractivity contribution is 8.01. The van der Waals surface area contributed by atoms with Gasteiger partial charge >= 0.3 is 5.97 Å². The second-order valence-electron chi connectivity index (χ2n) is 9.66. The summed E-state index contributed by atoms with van der Waals surface area (Å²) in [6.45, 7) is 5.15. The molecule has 0 bridgehead atoms. The Morgan fingerprint density at radius 1 is 1.28 bits per heavy atom. The minimum atomic E-state index is -0.730. The molecule has 1 aliphatic rings. The average Bonchev–Trinajstić information content (AvgIpc) is 3.30. The fraction of sp³-hybridized carbons (Fsp3) is 0.500. The number of methoxy groups -OCH3 is 1. The standard InChI is InChI=1S/C28H36N2O4S2/c1-19-11-15-35-28(19)36-16-14-30-13-10-20(21(18-30)4-8-27(32)33)3-7-26(31)23-9-12-29-25-6-5-22(34-2)17-24(23)25/h5-6,9,11-12,15,17,20-21,26,31H,3-4,7-8,10,13-14,16,18H2,1-2H3,(H,32,33)/t20?,21?,26-/m0/s1. The predicted molar refractivity (Wildman–Crippen MR) is 147 cm³/mol. The van der Waals surface area contributed by atoms with Crippen molar-refractivity contribution in [1.82, 2.24) is 9.88 Å². The molecule has 3 aromatic rings. The number of aliphatic hydroxyl groups excluding tert-OH is 1. The number of likely N-dealkylation sites (tertiary alicyclic amines) is 1. The highest BCUT2D eigenvalue weighted by Crippen LogP contribution is 2.36. The van der Waals surface area contributed by atoms with Crippen LogP contribution in [-0.4, -0.2) is 58.6 Å². The van der Waals surface area contributed by atoms with Gasteiger partial charge in [0, 0.05) is 36.8 Å². The summed E-state index contributed by atoms with van der Waals surface area (Å²) in [7, 11) is 1.64. The van der Waals surface area contributed by atoms with Gasteiger partial charge in [-0.1, -0.05) is 0 Å². The van der Waals surface area contributed by atoms with E-state index in [2.05, 4.69) is 28.3 Å². The van der Waals surface area contributed by atoms with Gasteiger partial charge in [-0.3, -0.25) is 9.78 Å². The van der Waals surface area contributed by atoms with Gasteiger partial charge in [0.1, 0.15) is 5.75 Å².